The minimum Gasteiger partial charge on any atom is -0.348 e. The van der Waals surface area contributed by atoms with Crippen molar-refractivity contribution in [2.75, 3.05) is 31.5 Å². The first kappa shape index (κ1) is 21.8. The Labute approximate surface area is 198 Å². The Hall–Kier alpha value is -4.04. The van der Waals surface area contributed by atoms with E-state index in [2.05, 4.69) is 34.7 Å². The van der Waals surface area contributed by atoms with Crippen LogP contribution in [-0.4, -0.2) is 56.5 Å². The van der Waals surface area contributed by atoms with Gasteiger partial charge < -0.3 is 15.5 Å². The number of nitrogens with zero attached hydrogens (tertiary/aromatic N) is 5. The molecule has 0 unspecified atom stereocenters. The molecule has 0 bridgehead atoms. The maximum atomic E-state index is 13.2. The summed E-state index contributed by atoms with van der Waals surface area (Å²) in [5, 5.41) is 6.65. The van der Waals surface area contributed by atoms with Gasteiger partial charge in [0.05, 0.1) is 6.04 Å². The largest absolute Gasteiger partial charge is 0.348 e. The van der Waals surface area contributed by atoms with Gasteiger partial charge in [-0.05, 0) is 18.6 Å². The number of imidazole rings is 1. The summed E-state index contributed by atoms with van der Waals surface area (Å²) in [6.07, 6.45) is 3.49. The maximum absolute atomic E-state index is 13.2. The minimum atomic E-state index is -0.0671. The summed E-state index contributed by atoms with van der Waals surface area (Å²) >= 11 is 0. The van der Waals surface area contributed by atoms with E-state index in [1.165, 1.54) is 0 Å². The van der Waals surface area contributed by atoms with Gasteiger partial charge in [0.25, 0.3) is 5.91 Å². The lowest BCUT2D eigenvalue weighted by atomic mass is 10.1. The first-order chi connectivity index (χ1) is 16.7. The number of nitrogens with one attached hydrogen (secondary N) is 2. The molecule has 0 saturated carbocycles. The molecule has 1 aliphatic rings. The molecule has 5 rings (SSSR count). The molecule has 0 aliphatic carbocycles. The lowest BCUT2D eigenvalue weighted by Gasteiger charge is -2.26. The smallest absolute Gasteiger partial charge is 0.274 e. The van der Waals surface area contributed by atoms with Crippen LogP contribution in [-0.2, 0) is 0 Å². The first-order valence-corrected chi connectivity index (χ1v) is 11.5. The summed E-state index contributed by atoms with van der Waals surface area (Å²) in [6.45, 7) is 5.00. The number of hydrogen-bond acceptors (Lipinski definition) is 6. The third-order valence-corrected chi connectivity index (χ3v) is 5.89. The quantitative estimate of drug-likeness (QED) is 0.464. The Kier molecular flexibility index (Phi) is 6.31. The van der Waals surface area contributed by atoms with Crippen LogP contribution in [0.25, 0.3) is 17.2 Å². The van der Waals surface area contributed by atoms with Crippen LogP contribution in [0.5, 0.6) is 0 Å². The lowest BCUT2D eigenvalue weighted by molar-refractivity contribution is 0.0730. The van der Waals surface area contributed by atoms with E-state index >= 15 is 0 Å². The van der Waals surface area contributed by atoms with E-state index in [-0.39, 0.29) is 11.9 Å². The molecule has 3 heterocycles. The number of rotatable bonds is 6. The van der Waals surface area contributed by atoms with Gasteiger partial charge in [-0.2, -0.15) is 4.98 Å². The molecule has 2 aromatic carbocycles. The number of piperazine rings is 1. The van der Waals surface area contributed by atoms with Gasteiger partial charge in [0, 0.05) is 44.1 Å². The molecule has 8 nitrogen and oxygen atoms in total. The average Bonchev–Trinajstić information content (AvgIpc) is 3.36. The topological polar surface area (TPSA) is 88.0 Å². The van der Waals surface area contributed by atoms with Crippen molar-refractivity contribution in [3.8, 4) is 17.2 Å². The fourth-order valence-electron chi connectivity index (χ4n) is 4.05. The van der Waals surface area contributed by atoms with Crippen LogP contribution >= 0.6 is 0 Å². The molecule has 0 spiro atoms. The minimum absolute atomic E-state index is 0.0395. The second-order valence-electron chi connectivity index (χ2n) is 8.24. The highest BCUT2D eigenvalue weighted by Crippen LogP contribution is 2.24. The Morgan fingerprint density at radius 2 is 1.68 bits per heavy atom. The van der Waals surface area contributed by atoms with Gasteiger partial charge in [0.1, 0.15) is 17.3 Å². The molecule has 2 aromatic heterocycles. The standard InChI is InChI=1S/C26H27N7O/c1-19(20-8-4-2-5-9-20)29-26-28-13-12-23(31-26)33-18-22(25(34)32-16-14-27-15-17-32)30-24(33)21-10-6-3-7-11-21/h2-13,18-19,27H,14-17H2,1H3,(H,28,29,31)/t19-/m0/s1. The molecule has 1 saturated heterocycles. The molecular formula is C26H27N7O. The van der Waals surface area contributed by atoms with E-state index in [0.717, 1.165) is 24.2 Å². The maximum Gasteiger partial charge on any atom is 0.274 e. The monoisotopic (exact) mass is 453 g/mol. The third-order valence-electron chi connectivity index (χ3n) is 5.89. The normalized spacial score (nSPS) is 14.6. The molecular weight excluding hydrogens is 426 g/mol. The number of carbonyl (C=O) groups excluding carboxylic acids is 1. The Morgan fingerprint density at radius 3 is 2.41 bits per heavy atom. The first-order valence-electron chi connectivity index (χ1n) is 11.5. The molecule has 8 heteroatoms. The molecule has 172 valence electrons. The van der Waals surface area contributed by atoms with Crippen LogP contribution in [0.4, 0.5) is 5.95 Å². The molecule has 2 N–H and O–H groups in total. The van der Waals surface area contributed by atoms with Crippen molar-refractivity contribution in [1.82, 2.24) is 29.7 Å². The van der Waals surface area contributed by atoms with Gasteiger partial charge in [-0.3, -0.25) is 9.36 Å². The van der Waals surface area contributed by atoms with Crippen LogP contribution in [0, 0.1) is 0 Å². The van der Waals surface area contributed by atoms with E-state index in [1.54, 1.807) is 12.4 Å². The van der Waals surface area contributed by atoms with Crippen molar-refractivity contribution >= 4 is 11.9 Å². The SMILES string of the molecule is C[C@H](Nc1nccc(-n2cc(C(=O)N3CCNCC3)nc2-c2ccccc2)n1)c1ccccc1. The van der Waals surface area contributed by atoms with Crippen LogP contribution in [0.2, 0.25) is 0 Å². The van der Waals surface area contributed by atoms with E-state index in [4.69, 9.17) is 9.97 Å². The highest BCUT2D eigenvalue weighted by molar-refractivity contribution is 5.93. The Morgan fingerprint density at radius 1 is 0.971 bits per heavy atom. The summed E-state index contributed by atoms with van der Waals surface area (Å²) in [5.41, 5.74) is 2.46. The highest BCUT2D eigenvalue weighted by atomic mass is 16.2. The van der Waals surface area contributed by atoms with Gasteiger partial charge in [-0.15, -0.1) is 0 Å². The predicted molar refractivity (Wildman–Crippen MR) is 132 cm³/mol. The summed E-state index contributed by atoms with van der Waals surface area (Å²) in [5.74, 6) is 1.75. The van der Waals surface area contributed by atoms with Crippen molar-refractivity contribution < 1.29 is 4.79 Å². The van der Waals surface area contributed by atoms with Gasteiger partial charge in [-0.25, -0.2) is 9.97 Å². The number of hydrogen-bond donors (Lipinski definition) is 2. The second-order valence-corrected chi connectivity index (χ2v) is 8.24. The van der Waals surface area contributed by atoms with Crippen LogP contribution in [0.3, 0.4) is 0 Å². The van der Waals surface area contributed by atoms with E-state index < -0.39 is 0 Å². The zero-order valence-corrected chi connectivity index (χ0v) is 19.1. The van der Waals surface area contributed by atoms with Gasteiger partial charge in [0.2, 0.25) is 5.95 Å². The lowest BCUT2D eigenvalue weighted by Crippen LogP contribution is -2.46. The summed E-state index contributed by atoms with van der Waals surface area (Å²) < 4.78 is 1.87. The van der Waals surface area contributed by atoms with Crippen molar-refractivity contribution in [3.05, 3.63) is 90.4 Å². The molecule has 4 aromatic rings. The van der Waals surface area contributed by atoms with E-state index in [9.17, 15) is 4.79 Å². The van der Waals surface area contributed by atoms with Gasteiger partial charge in [0.15, 0.2) is 0 Å². The van der Waals surface area contributed by atoms with Crippen LogP contribution in [0.1, 0.15) is 29.0 Å². The molecule has 1 atom stereocenters. The molecule has 34 heavy (non-hydrogen) atoms. The zero-order valence-electron chi connectivity index (χ0n) is 19.1. The van der Waals surface area contributed by atoms with Gasteiger partial charge in [-0.1, -0.05) is 60.7 Å². The fraction of sp³-hybridized carbons (Fsp3) is 0.231. The van der Waals surface area contributed by atoms with E-state index in [1.807, 2.05) is 64.1 Å². The Bertz CT molecular complexity index is 1250. The van der Waals surface area contributed by atoms with Crippen LogP contribution in [0.15, 0.2) is 79.1 Å². The molecule has 1 fully saturated rings. The summed E-state index contributed by atoms with van der Waals surface area (Å²) in [6, 6.07) is 21.9. The zero-order chi connectivity index (χ0) is 23.3. The van der Waals surface area contributed by atoms with Crippen molar-refractivity contribution in [2.24, 2.45) is 0 Å². The summed E-state index contributed by atoms with van der Waals surface area (Å²) in [7, 11) is 0. The molecule has 1 aliphatic heterocycles. The van der Waals surface area contributed by atoms with Crippen molar-refractivity contribution in [1.29, 1.82) is 0 Å². The number of aromatic nitrogens is 4. The molecule has 0 radical (unpaired) electrons. The number of amides is 1. The third kappa shape index (κ3) is 4.67. The summed E-state index contributed by atoms with van der Waals surface area (Å²) in [4.78, 5) is 28.9. The molecule has 1 amide bonds. The average molecular weight is 454 g/mol. The van der Waals surface area contributed by atoms with Gasteiger partial charge >= 0.3 is 0 Å². The fourth-order valence-corrected chi connectivity index (χ4v) is 4.05. The predicted octanol–water partition coefficient (Wildman–Crippen LogP) is 3.55. The van der Waals surface area contributed by atoms with E-state index in [0.29, 0.717) is 36.4 Å². The number of benzene rings is 2. The van der Waals surface area contributed by atoms with Crippen LogP contribution < -0.4 is 10.6 Å². The van der Waals surface area contributed by atoms with Crippen molar-refractivity contribution in [2.45, 2.75) is 13.0 Å². The number of carbonyl (C=O) groups is 1. The van der Waals surface area contributed by atoms with Crippen molar-refractivity contribution in [3.63, 3.8) is 0 Å². The number of anilines is 1. The second kappa shape index (κ2) is 9.84. The highest BCUT2D eigenvalue weighted by Gasteiger charge is 2.23. The Balaban J connectivity index is 1.49.